The van der Waals surface area contributed by atoms with Gasteiger partial charge in [0.1, 0.15) is 18.3 Å². The van der Waals surface area contributed by atoms with E-state index in [1.165, 1.54) is 4.90 Å². The second-order valence-electron chi connectivity index (χ2n) is 5.96. The van der Waals surface area contributed by atoms with Gasteiger partial charge in [0.25, 0.3) is 0 Å². The number of quaternary nitrogens is 1. The molecular weight excluding hydrogens is 274 g/mol. The van der Waals surface area contributed by atoms with Crippen LogP contribution in [0.1, 0.15) is 38.1 Å². The number of carbonyl (C=O) groups is 1. The minimum Gasteiger partial charge on any atom is -1.00 e. The monoisotopic (exact) mass is 297 g/mol. The number of nitrogens with one attached hydrogen (secondary N) is 1. The summed E-state index contributed by atoms with van der Waals surface area (Å²) < 4.78 is 5.73. The average molecular weight is 298 g/mol. The van der Waals surface area contributed by atoms with Crippen molar-refractivity contribution in [2.75, 3.05) is 13.2 Å². The molecule has 0 spiro atoms. The van der Waals surface area contributed by atoms with Crippen molar-refractivity contribution < 1.29 is 26.8 Å². The van der Waals surface area contributed by atoms with Crippen molar-refractivity contribution in [1.29, 1.82) is 0 Å². The van der Waals surface area contributed by atoms with Crippen LogP contribution in [0.2, 0.25) is 0 Å². The molecule has 1 aromatic carbocycles. The average Bonchev–Trinajstić information content (AvgIpc) is 2.37. The van der Waals surface area contributed by atoms with E-state index in [-0.39, 0.29) is 24.1 Å². The molecule has 4 heteroatoms. The van der Waals surface area contributed by atoms with Crippen molar-refractivity contribution in [2.45, 2.75) is 39.8 Å². The molecule has 0 bridgehead atoms. The summed E-state index contributed by atoms with van der Waals surface area (Å²) in [5.74, 6) is 0.953. The normalized spacial score (nSPS) is 17.9. The van der Waals surface area contributed by atoms with Crippen molar-refractivity contribution >= 4 is 5.78 Å². The maximum atomic E-state index is 12.5. The van der Waals surface area contributed by atoms with Gasteiger partial charge in [0.05, 0.1) is 24.2 Å². The van der Waals surface area contributed by atoms with Gasteiger partial charge in [-0.1, -0.05) is 12.1 Å². The summed E-state index contributed by atoms with van der Waals surface area (Å²) in [6, 6.07) is 8.59. The Labute approximate surface area is 127 Å². The van der Waals surface area contributed by atoms with Crippen LogP contribution >= 0.6 is 0 Å². The van der Waals surface area contributed by atoms with Gasteiger partial charge >= 0.3 is 0 Å². The molecule has 1 aliphatic rings. The van der Waals surface area contributed by atoms with Crippen molar-refractivity contribution in [3.63, 3.8) is 0 Å². The molecule has 0 aromatic heterocycles. The minimum absolute atomic E-state index is 0. The fraction of sp³-hybridized carbons (Fsp3) is 0.562. The van der Waals surface area contributed by atoms with Gasteiger partial charge in [-0.3, -0.25) is 4.79 Å². The van der Waals surface area contributed by atoms with Crippen LogP contribution in [-0.4, -0.2) is 31.0 Å². The third-order valence-corrected chi connectivity index (χ3v) is 3.93. The van der Waals surface area contributed by atoms with Crippen molar-refractivity contribution in [3.8, 4) is 5.75 Å². The summed E-state index contributed by atoms with van der Waals surface area (Å²) in [7, 11) is 0. The molecule has 0 fully saturated rings. The van der Waals surface area contributed by atoms with E-state index >= 15 is 0 Å². The number of hydrogen-bond acceptors (Lipinski definition) is 2. The van der Waals surface area contributed by atoms with Gasteiger partial charge in [0.2, 0.25) is 0 Å². The predicted octanol–water partition coefficient (Wildman–Crippen LogP) is -1.42. The molecule has 1 N–H and O–H groups in total. The Morgan fingerprint density at radius 3 is 2.40 bits per heavy atom. The molecule has 0 amide bonds. The zero-order valence-corrected chi connectivity index (χ0v) is 13.4. The van der Waals surface area contributed by atoms with Gasteiger partial charge in [-0.15, -0.1) is 0 Å². The van der Waals surface area contributed by atoms with E-state index in [9.17, 15) is 4.79 Å². The van der Waals surface area contributed by atoms with Crippen LogP contribution in [0.15, 0.2) is 24.3 Å². The Kier molecular flexibility index (Phi) is 6.03. The number of para-hydroxylation sites is 1. The smallest absolute Gasteiger partial charge is 0.178 e. The Hall–Kier alpha value is -1.06. The molecule has 112 valence electrons. The zero-order valence-electron chi connectivity index (χ0n) is 12.7. The highest BCUT2D eigenvalue weighted by molar-refractivity contribution is 6.01. The summed E-state index contributed by atoms with van der Waals surface area (Å²) in [6.45, 7) is 10.2. The lowest BCUT2D eigenvalue weighted by atomic mass is 9.94. The van der Waals surface area contributed by atoms with E-state index < -0.39 is 0 Å². The Balaban J connectivity index is 0.00000200. The van der Waals surface area contributed by atoms with Crippen LogP contribution in [0.5, 0.6) is 5.75 Å². The Bertz CT molecular complexity index is 452. The highest BCUT2D eigenvalue weighted by Crippen LogP contribution is 2.26. The van der Waals surface area contributed by atoms with E-state index in [0.29, 0.717) is 18.7 Å². The maximum Gasteiger partial charge on any atom is 0.178 e. The van der Waals surface area contributed by atoms with Crippen LogP contribution in [0.25, 0.3) is 0 Å². The molecule has 2 rings (SSSR count). The molecule has 1 atom stereocenters. The van der Waals surface area contributed by atoms with Gasteiger partial charge < -0.3 is 22.0 Å². The molecular formula is C16H24ClNO2. The minimum atomic E-state index is -0.0188. The van der Waals surface area contributed by atoms with E-state index in [1.54, 1.807) is 0 Å². The third kappa shape index (κ3) is 3.53. The standard InChI is InChI=1S/C16H23NO2.ClH/c1-11(2)17(12(3)4)9-13-10-19-15-8-6-5-7-14(15)16(13)18;/h5-8,11-13H,9-10H2,1-4H3;1H. The first kappa shape index (κ1) is 17.0. The SMILES string of the molecule is CC(C)[NH+](CC1COc2ccccc2C1=O)C(C)C.[Cl-]. The Morgan fingerprint density at radius 2 is 1.80 bits per heavy atom. The van der Waals surface area contributed by atoms with Crippen molar-refractivity contribution in [3.05, 3.63) is 29.8 Å². The summed E-state index contributed by atoms with van der Waals surface area (Å²) >= 11 is 0. The highest BCUT2D eigenvalue weighted by atomic mass is 35.5. The number of Topliss-reactive ketones (excluding diaryl/α,β-unsaturated/α-hetero) is 1. The number of ketones is 1. The molecule has 1 aliphatic heterocycles. The van der Waals surface area contributed by atoms with Crippen LogP contribution in [0.4, 0.5) is 0 Å². The van der Waals surface area contributed by atoms with Crippen molar-refractivity contribution in [2.24, 2.45) is 5.92 Å². The summed E-state index contributed by atoms with van der Waals surface area (Å²) in [5, 5.41) is 0. The summed E-state index contributed by atoms with van der Waals surface area (Å²) in [6.07, 6.45) is 0. The van der Waals surface area contributed by atoms with E-state index in [2.05, 4.69) is 27.7 Å². The van der Waals surface area contributed by atoms with Gasteiger partial charge in [-0.25, -0.2) is 0 Å². The number of halogens is 1. The number of fused-ring (bicyclic) bond motifs is 1. The topological polar surface area (TPSA) is 30.7 Å². The molecule has 1 aromatic rings. The van der Waals surface area contributed by atoms with Crippen molar-refractivity contribution in [1.82, 2.24) is 0 Å². The van der Waals surface area contributed by atoms with Gasteiger partial charge in [-0.2, -0.15) is 0 Å². The lowest BCUT2D eigenvalue weighted by Crippen LogP contribution is -3.18. The van der Waals surface area contributed by atoms with Crippen LogP contribution < -0.4 is 22.0 Å². The quantitative estimate of drug-likeness (QED) is 0.740. The molecule has 1 heterocycles. The van der Waals surface area contributed by atoms with E-state index in [1.807, 2.05) is 24.3 Å². The largest absolute Gasteiger partial charge is 1.00 e. The lowest BCUT2D eigenvalue weighted by Gasteiger charge is -2.32. The molecule has 0 radical (unpaired) electrons. The van der Waals surface area contributed by atoms with Crippen LogP contribution in [0.3, 0.4) is 0 Å². The third-order valence-electron chi connectivity index (χ3n) is 3.93. The van der Waals surface area contributed by atoms with Gasteiger partial charge in [0, 0.05) is 0 Å². The maximum absolute atomic E-state index is 12.5. The first-order valence-electron chi connectivity index (χ1n) is 7.12. The second kappa shape index (κ2) is 7.09. The fourth-order valence-electron chi connectivity index (χ4n) is 2.86. The molecule has 0 saturated heterocycles. The Morgan fingerprint density at radius 1 is 1.20 bits per heavy atom. The first-order chi connectivity index (χ1) is 9.00. The first-order valence-corrected chi connectivity index (χ1v) is 7.12. The molecule has 3 nitrogen and oxygen atoms in total. The number of carbonyl (C=O) groups excluding carboxylic acids is 1. The predicted molar refractivity (Wildman–Crippen MR) is 75.9 cm³/mol. The molecule has 20 heavy (non-hydrogen) atoms. The second-order valence-corrected chi connectivity index (χ2v) is 5.96. The summed E-state index contributed by atoms with van der Waals surface area (Å²) in [4.78, 5) is 14.0. The van der Waals surface area contributed by atoms with Crippen LogP contribution in [0, 0.1) is 5.92 Å². The molecule has 0 aliphatic carbocycles. The number of benzene rings is 1. The number of rotatable bonds is 4. The number of ether oxygens (including phenoxy) is 1. The fourth-order valence-corrected chi connectivity index (χ4v) is 2.86. The lowest BCUT2D eigenvalue weighted by molar-refractivity contribution is -0.944. The molecule has 1 unspecified atom stereocenters. The van der Waals surface area contributed by atoms with E-state index in [0.717, 1.165) is 17.9 Å². The van der Waals surface area contributed by atoms with Gasteiger partial charge in [-0.05, 0) is 39.8 Å². The highest BCUT2D eigenvalue weighted by Gasteiger charge is 2.33. The number of hydrogen-bond donors (Lipinski definition) is 1. The van der Waals surface area contributed by atoms with Crippen LogP contribution in [-0.2, 0) is 0 Å². The molecule has 0 saturated carbocycles. The zero-order chi connectivity index (χ0) is 14.0. The summed E-state index contributed by atoms with van der Waals surface area (Å²) in [5.41, 5.74) is 0.741. The van der Waals surface area contributed by atoms with E-state index in [4.69, 9.17) is 4.74 Å². The van der Waals surface area contributed by atoms with Gasteiger partial charge in [0.15, 0.2) is 5.78 Å².